The number of nitrogen functional groups attached to an aromatic ring is 1. The van der Waals surface area contributed by atoms with Crippen molar-refractivity contribution in [1.82, 2.24) is 4.98 Å². The van der Waals surface area contributed by atoms with Crippen LogP contribution < -0.4 is 5.73 Å². The summed E-state index contributed by atoms with van der Waals surface area (Å²) < 4.78 is 27.8. The van der Waals surface area contributed by atoms with Gasteiger partial charge in [-0.05, 0) is 43.7 Å². The van der Waals surface area contributed by atoms with Gasteiger partial charge >= 0.3 is 0 Å². The first kappa shape index (κ1) is 14.5. The van der Waals surface area contributed by atoms with Gasteiger partial charge in [0.25, 0.3) is 0 Å². The Kier molecular flexibility index (Phi) is 4.04. The van der Waals surface area contributed by atoms with Crippen LogP contribution >= 0.6 is 11.8 Å². The summed E-state index contributed by atoms with van der Waals surface area (Å²) in [7, 11) is 0. The molecule has 0 radical (unpaired) electrons. The molecule has 2 aromatic rings. The van der Waals surface area contributed by atoms with Crippen molar-refractivity contribution in [3.63, 3.8) is 0 Å². The van der Waals surface area contributed by atoms with E-state index in [2.05, 4.69) is 4.98 Å². The molecule has 1 aromatic carbocycles. The Labute approximate surface area is 119 Å². The van der Waals surface area contributed by atoms with Crippen molar-refractivity contribution in [2.24, 2.45) is 5.73 Å². The van der Waals surface area contributed by atoms with E-state index in [9.17, 15) is 8.78 Å². The molecule has 104 valence electrons. The van der Waals surface area contributed by atoms with E-state index in [0.29, 0.717) is 5.03 Å². The van der Waals surface area contributed by atoms with E-state index in [1.165, 1.54) is 0 Å². The molecule has 0 saturated heterocycles. The maximum atomic E-state index is 13.9. The number of nitrogens with one attached hydrogen (secondary N) is 1. The van der Waals surface area contributed by atoms with Crippen molar-refractivity contribution >= 4 is 17.6 Å². The third kappa shape index (κ3) is 3.14. The molecule has 0 unspecified atom stereocenters. The highest BCUT2D eigenvalue weighted by atomic mass is 32.2. The molecular formula is C14H13F2N3S. The first-order chi connectivity index (χ1) is 9.36. The number of benzene rings is 1. The summed E-state index contributed by atoms with van der Waals surface area (Å²) in [6.07, 6.45) is 0. The van der Waals surface area contributed by atoms with Crippen LogP contribution in [0.3, 0.4) is 0 Å². The van der Waals surface area contributed by atoms with Gasteiger partial charge < -0.3 is 5.73 Å². The monoisotopic (exact) mass is 293 g/mol. The first-order valence-corrected chi connectivity index (χ1v) is 6.65. The number of rotatable bonds is 3. The summed E-state index contributed by atoms with van der Waals surface area (Å²) in [5, 5.41) is 7.73. The van der Waals surface area contributed by atoms with E-state index in [1.807, 2.05) is 19.9 Å². The molecule has 0 aliphatic rings. The van der Waals surface area contributed by atoms with E-state index >= 15 is 0 Å². The van der Waals surface area contributed by atoms with E-state index in [0.717, 1.165) is 35.2 Å². The standard InChI is InChI=1S/C14H13F2N3S/c1-7-3-8(2)19-12(4-7)20-13-10(15)5-9(14(17)18)6-11(13)16/h3-6H,1-2H3,(H3,17,18). The average molecular weight is 293 g/mol. The topological polar surface area (TPSA) is 62.8 Å². The number of nitrogens with zero attached hydrogens (tertiary/aromatic N) is 1. The van der Waals surface area contributed by atoms with Crippen LogP contribution in [0.25, 0.3) is 0 Å². The third-order valence-electron chi connectivity index (χ3n) is 2.59. The van der Waals surface area contributed by atoms with Crippen LogP contribution in [0.15, 0.2) is 34.2 Å². The molecule has 20 heavy (non-hydrogen) atoms. The Morgan fingerprint density at radius 1 is 1.15 bits per heavy atom. The maximum absolute atomic E-state index is 13.9. The first-order valence-electron chi connectivity index (χ1n) is 5.83. The average Bonchev–Trinajstić information content (AvgIpc) is 2.32. The summed E-state index contributed by atoms with van der Waals surface area (Å²) >= 11 is 0.917. The Hall–Kier alpha value is -1.95. The van der Waals surface area contributed by atoms with Crippen LogP contribution in [0.1, 0.15) is 16.8 Å². The number of amidine groups is 1. The zero-order valence-corrected chi connectivity index (χ0v) is 11.8. The highest BCUT2D eigenvalue weighted by molar-refractivity contribution is 7.99. The van der Waals surface area contributed by atoms with Gasteiger partial charge in [-0.25, -0.2) is 13.8 Å². The van der Waals surface area contributed by atoms with Crippen molar-refractivity contribution in [2.75, 3.05) is 0 Å². The van der Waals surface area contributed by atoms with Gasteiger partial charge in [-0.3, -0.25) is 5.41 Å². The summed E-state index contributed by atoms with van der Waals surface area (Å²) in [5.41, 5.74) is 7.01. The zero-order chi connectivity index (χ0) is 14.9. The molecule has 0 saturated carbocycles. The molecule has 0 spiro atoms. The second-order valence-corrected chi connectivity index (χ2v) is 5.44. The molecule has 1 aromatic heterocycles. The van der Waals surface area contributed by atoms with Crippen molar-refractivity contribution < 1.29 is 8.78 Å². The van der Waals surface area contributed by atoms with Crippen molar-refractivity contribution in [1.29, 1.82) is 5.41 Å². The molecule has 3 nitrogen and oxygen atoms in total. The molecule has 2 rings (SSSR count). The van der Waals surface area contributed by atoms with E-state index in [-0.39, 0.29) is 16.3 Å². The molecule has 0 aliphatic heterocycles. The van der Waals surface area contributed by atoms with E-state index in [1.54, 1.807) is 6.07 Å². The molecule has 1 heterocycles. The summed E-state index contributed by atoms with van der Waals surface area (Å²) in [6, 6.07) is 5.75. The summed E-state index contributed by atoms with van der Waals surface area (Å²) in [5.74, 6) is -1.87. The largest absolute Gasteiger partial charge is 0.384 e. The number of halogens is 2. The number of nitrogens with two attached hydrogens (primary N) is 1. The van der Waals surface area contributed by atoms with Crippen molar-refractivity contribution in [2.45, 2.75) is 23.8 Å². The van der Waals surface area contributed by atoms with Crippen LogP contribution in [0.4, 0.5) is 8.78 Å². The Bertz CT molecular complexity index is 643. The second-order valence-electron chi connectivity index (χ2n) is 4.41. The number of aryl methyl sites for hydroxylation is 2. The van der Waals surface area contributed by atoms with Crippen LogP contribution in [-0.4, -0.2) is 10.8 Å². The highest BCUT2D eigenvalue weighted by Crippen LogP contribution is 2.32. The molecule has 0 bridgehead atoms. The molecule has 0 aliphatic carbocycles. The van der Waals surface area contributed by atoms with Crippen molar-refractivity contribution in [3.8, 4) is 0 Å². The molecule has 3 N–H and O–H groups in total. The summed E-state index contributed by atoms with van der Waals surface area (Å²) in [6.45, 7) is 3.72. The molecule has 0 atom stereocenters. The zero-order valence-electron chi connectivity index (χ0n) is 11.0. The fraction of sp³-hybridized carbons (Fsp3) is 0.143. The number of aromatic nitrogens is 1. The Morgan fingerprint density at radius 2 is 1.75 bits per heavy atom. The van der Waals surface area contributed by atoms with Crippen LogP contribution in [0.5, 0.6) is 0 Å². The van der Waals surface area contributed by atoms with E-state index < -0.39 is 11.6 Å². The lowest BCUT2D eigenvalue weighted by atomic mass is 10.2. The maximum Gasteiger partial charge on any atom is 0.140 e. The Morgan fingerprint density at radius 3 is 2.25 bits per heavy atom. The minimum absolute atomic E-state index is 0.0257. The van der Waals surface area contributed by atoms with Gasteiger partial charge in [-0.15, -0.1) is 0 Å². The predicted octanol–water partition coefficient (Wildman–Crippen LogP) is 3.41. The molecule has 0 amide bonds. The van der Waals surface area contributed by atoms with Gasteiger partial charge in [0.1, 0.15) is 22.5 Å². The van der Waals surface area contributed by atoms with Gasteiger partial charge in [0.2, 0.25) is 0 Å². The normalized spacial score (nSPS) is 10.6. The van der Waals surface area contributed by atoms with Gasteiger partial charge in [0.15, 0.2) is 0 Å². The minimum atomic E-state index is -0.749. The fourth-order valence-electron chi connectivity index (χ4n) is 1.77. The molecular weight excluding hydrogens is 280 g/mol. The van der Waals surface area contributed by atoms with Crippen LogP contribution in [0, 0.1) is 30.9 Å². The van der Waals surface area contributed by atoms with Gasteiger partial charge in [-0.2, -0.15) is 0 Å². The van der Waals surface area contributed by atoms with Crippen LogP contribution in [-0.2, 0) is 0 Å². The predicted molar refractivity (Wildman–Crippen MR) is 75.2 cm³/mol. The lowest BCUT2D eigenvalue weighted by Gasteiger charge is -2.08. The Balaban J connectivity index is 2.41. The number of pyridine rings is 1. The fourth-order valence-corrected chi connectivity index (χ4v) is 2.73. The summed E-state index contributed by atoms with van der Waals surface area (Å²) in [4.78, 5) is 4.09. The molecule has 6 heteroatoms. The lowest BCUT2D eigenvalue weighted by Crippen LogP contribution is -2.12. The smallest absolute Gasteiger partial charge is 0.140 e. The second kappa shape index (κ2) is 5.58. The van der Waals surface area contributed by atoms with Crippen LogP contribution in [0.2, 0.25) is 0 Å². The molecule has 0 fully saturated rings. The SMILES string of the molecule is Cc1cc(C)nc(Sc2c(F)cc(C(=N)N)cc2F)c1. The quantitative estimate of drug-likeness (QED) is 0.673. The third-order valence-corrected chi connectivity index (χ3v) is 3.60. The minimum Gasteiger partial charge on any atom is -0.384 e. The number of hydrogen-bond donors (Lipinski definition) is 2. The van der Waals surface area contributed by atoms with E-state index in [4.69, 9.17) is 11.1 Å². The number of hydrogen-bond acceptors (Lipinski definition) is 3. The van der Waals surface area contributed by atoms with Gasteiger partial charge in [-0.1, -0.05) is 11.8 Å². The van der Waals surface area contributed by atoms with Crippen molar-refractivity contribution in [3.05, 3.63) is 52.7 Å². The highest BCUT2D eigenvalue weighted by Gasteiger charge is 2.15. The lowest BCUT2D eigenvalue weighted by molar-refractivity contribution is 0.540. The van der Waals surface area contributed by atoms with Gasteiger partial charge in [0, 0.05) is 11.3 Å². The van der Waals surface area contributed by atoms with Gasteiger partial charge in [0.05, 0.1) is 4.90 Å².